The molecule has 1 atom stereocenters. The average Bonchev–Trinajstić information content (AvgIpc) is 2.41. The summed E-state index contributed by atoms with van der Waals surface area (Å²) in [5, 5.41) is 0.704. The van der Waals surface area contributed by atoms with E-state index in [1.165, 1.54) is 5.56 Å². The zero-order chi connectivity index (χ0) is 13.1. The Morgan fingerprint density at radius 1 is 1.22 bits per heavy atom. The lowest BCUT2D eigenvalue weighted by Gasteiger charge is -2.15. The first-order chi connectivity index (χ1) is 8.61. The molecule has 0 radical (unpaired) electrons. The summed E-state index contributed by atoms with van der Waals surface area (Å²) in [4.78, 5) is 0. The molecule has 0 spiro atoms. The fraction of sp³-hybridized carbons (Fsp3) is 0.200. The third kappa shape index (κ3) is 2.94. The Bertz CT molecular complexity index is 554. The molecule has 0 saturated carbocycles. The Morgan fingerprint density at radius 2 is 2.00 bits per heavy atom. The zero-order valence-electron chi connectivity index (χ0n) is 10.2. The summed E-state index contributed by atoms with van der Waals surface area (Å²) in [5.41, 5.74) is 9.73. The first-order valence-corrected chi connectivity index (χ1v) is 7.08. The number of benzene rings is 2. The molecule has 1 nitrogen and oxygen atoms in total. The van der Waals surface area contributed by atoms with E-state index in [-0.39, 0.29) is 6.04 Å². The summed E-state index contributed by atoms with van der Waals surface area (Å²) >= 11 is 9.56. The SMILES string of the molecule is CCc1cccc(C(N)c2cc(Cl)ccc2Br)c1. The van der Waals surface area contributed by atoms with E-state index >= 15 is 0 Å². The Balaban J connectivity index is 2.40. The van der Waals surface area contributed by atoms with Crippen molar-refractivity contribution in [1.29, 1.82) is 0 Å². The van der Waals surface area contributed by atoms with Crippen LogP contribution in [0.4, 0.5) is 0 Å². The van der Waals surface area contributed by atoms with Crippen LogP contribution >= 0.6 is 27.5 Å². The lowest BCUT2D eigenvalue weighted by molar-refractivity contribution is 0.862. The van der Waals surface area contributed by atoms with Gasteiger partial charge in [0.05, 0.1) is 6.04 Å². The minimum Gasteiger partial charge on any atom is -0.320 e. The van der Waals surface area contributed by atoms with Crippen molar-refractivity contribution in [3.05, 3.63) is 68.7 Å². The van der Waals surface area contributed by atoms with Crippen molar-refractivity contribution in [3.63, 3.8) is 0 Å². The van der Waals surface area contributed by atoms with Gasteiger partial charge in [0.2, 0.25) is 0 Å². The number of hydrogen-bond donors (Lipinski definition) is 1. The van der Waals surface area contributed by atoms with Crippen molar-refractivity contribution in [2.75, 3.05) is 0 Å². The van der Waals surface area contributed by atoms with Crippen LogP contribution < -0.4 is 5.73 Å². The van der Waals surface area contributed by atoms with Gasteiger partial charge in [-0.3, -0.25) is 0 Å². The quantitative estimate of drug-likeness (QED) is 0.869. The molecule has 0 amide bonds. The van der Waals surface area contributed by atoms with E-state index < -0.39 is 0 Å². The molecule has 0 aliphatic rings. The van der Waals surface area contributed by atoms with Crippen LogP contribution in [-0.4, -0.2) is 0 Å². The predicted octanol–water partition coefficient (Wildman–Crippen LogP) is 4.71. The van der Waals surface area contributed by atoms with Gasteiger partial charge in [0.25, 0.3) is 0 Å². The zero-order valence-corrected chi connectivity index (χ0v) is 12.5. The molecule has 2 aromatic carbocycles. The number of rotatable bonds is 3. The summed E-state index contributed by atoms with van der Waals surface area (Å²) in [6.07, 6.45) is 1.01. The molecule has 0 heterocycles. The molecular formula is C15H15BrClN. The molecule has 2 N–H and O–H groups in total. The van der Waals surface area contributed by atoms with Crippen LogP contribution in [0.25, 0.3) is 0 Å². The summed E-state index contributed by atoms with van der Waals surface area (Å²) in [6, 6.07) is 13.9. The van der Waals surface area contributed by atoms with Gasteiger partial charge in [-0.15, -0.1) is 0 Å². The summed E-state index contributed by atoms with van der Waals surface area (Å²) < 4.78 is 0.987. The fourth-order valence-electron chi connectivity index (χ4n) is 1.94. The van der Waals surface area contributed by atoms with E-state index in [2.05, 4.69) is 41.1 Å². The Morgan fingerprint density at radius 3 is 2.72 bits per heavy atom. The Hall–Kier alpha value is -0.830. The van der Waals surface area contributed by atoms with Gasteiger partial charge in [0.15, 0.2) is 0 Å². The lowest BCUT2D eigenvalue weighted by Crippen LogP contribution is -2.12. The minimum absolute atomic E-state index is 0.162. The monoisotopic (exact) mass is 323 g/mol. The van der Waals surface area contributed by atoms with Gasteiger partial charge in [-0.25, -0.2) is 0 Å². The maximum atomic E-state index is 6.32. The van der Waals surface area contributed by atoms with Crippen molar-refractivity contribution in [1.82, 2.24) is 0 Å². The molecule has 2 aromatic rings. The van der Waals surface area contributed by atoms with Crippen LogP contribution in [0.15, 0.2) is 46.9 Å². The molecule has 0 saturated heterocycles. The first-order valence-electron chi connectivity index (χ1n) is 5.91. The number of nitrogens with two attached hydrogens (primary N) is 1. The van der Waals surface area contributed by atoms with E-state index in [1.54, 1.807) is 0 Å². The maximum absolute atomic E-state index is 6.32. The highest BCUT2D eigenvalue weighted by Crippen LogP contribution is 2.29. The number of hydrogen-bond acceptors (Lipinski definition) is 1. The third-order valence-electron chi connectivity index (χ3n) is 3.01. The molecule has 0 aliphatic carbocycles. The van der Waals surface area contributed by atoms with E-state index in [9.17, 15) is 0 Å². The van der Waals surface area contributed by atoms with Gasteiger partial charge in [0.1, 0.15) is 0 Å². The molecular weight excluding hydrogens is 310 g/mol. The van der Waals surface area contributed by atoms with Crippen molar-refractivity contribution < 1.29 is 0 Å². The van der Waals surface area contributed by atoms with E-state index in [0.717, 1.165) is 22.0 Å². The average molecular weight is 325 g/mol. The van der Waals surface area contributed by atoms with Crippen LogP contribution in [0.2, 0.25) is 5.02 Å². The van der Waals surface area contributed by atoms with Crippen LogP contribution in [0, 0.1) is 0 Å². The van der Waals surface area contributed by atoms with E-state index in [4.69, 9.17) is 17.3 Å². The van der Waals surface area contributed by atoms with Crippen LogP contribution in [0.3, 0.4) is 0 Å². The second-order valence-corrected chi connectivity index (χ2v) is 5.53. The van der Waals surface area contributed by atoms with Crippen LogP contribution in [0.1, 0.15) is 29.7 Å². The Labute approximate surface area is 121 Å². The highest BCUT2D eigenvalue weighted by Gasteiger charge is 2.13. The standard InChI is InChI=1S/C15H15BrClN/c1-2-10-4-3-5-11(8-10)15(18)13-9-12(17)6-7-14(13)16/h3-9,15H,2,18H2,1H3. The minimum atomic E-state index is -0.162. The predicted molar refractivity (Wildman–Crippen MR) is 81.0 cm³/mol. The molecule has 0 aliphatic heterocycles. The lowest BCUT2D eigenvalue weighted by atomic mass is 9.97. The first kappa shape index (κ1) is 13.6. The second kappa shape index (κ2) is 5.87. The number of aryl methyl sites for hydroxylation is 1. The summed E-state index contributed by atoms with van der Waals surface area (Å²) in [5.74, 6) is 0. The topological polar surface area (TPSA) is 26.0 Å². The third-order valence-corrected chi connectivity index (χ3v) is 3.97. The van der Waals surface area contributed by atoms with Gasteiger partial charge >= 0.3 is 0 Å². The second-order valence-electron chi connectivity index (χ2n) is 4.24. The van der Waals surface area contributed by atoms with Gasteiger partial charge in [-0.05, 0) is 41.3 Å². The highest BCUT2D eigenvalue weighted by molar-refractivity contribution is 9.10. The van der Waals surface area contributed by atoms with Gasteiger partial charge in [0, 0.05) is 9.50 Å². The fourth-order valence-corrected chi connectivity index (χ4v) is 2.61. The molecule has 1 unspecified atom stereocenters. The van der Waals surface area contributed by atoms with Gasteiger partial charge in [-0.1, -0.05) is 58.7 Å². The van der Waals surface area contributed by atoms with E-state index in [1.807, 2.05) is 24.3 Å². The normalized spacial score (nSPS) is 12.4. The number of halogens is 2. The van der Waals surface area contributed by atoms with E-state index in [0.29, 0.717) is 5.02 Å². The molecule has 0 bridgehead atoms. The molecule has 2 rings (SSSR count). The summed E-state index contributed by atoms with van der Waals surface area (Å²) in [7, 11) is 0. The van der Waals surface area contributed by atoms with Gasteiger partial charge in [-0.2, -0.15) is 0 Å². The summed E-state index contributed by atoms with van der Waals surface area (Å²) in [6.45, 7) is 2.14. The van der Waals surface area contributed by atoms with Crippen LogP contribution in [0.5, 0.6) is 0 Å². The van der Waals surface area contributed by atoms with Crippen molar-refractivity contribution in [3.8, 4) is 0 Å². The Kier molecular flexibility index (Phi) is 4.44. The molecule has 0 fully saturated rings. The van der Waals surface area contributed by atoms with Crippen molar-refractivity contribution >= 4 is 27.5 Å². The largest absolute Gasteiger partial charge is 0.320 e. The molecule has 18 heavy (non-hydrogen) atoms. The molecule has 3 heteroatoms. The van der Waals surface area contributed by atoms with Crippen LogP contribution in [-0.2, 0) is 6.42 Å². The maximum Gasteiger partial charge on any atom is 0.0563 e. The molecule has 94 valence electrons. The van der Waals surface area contributed by atoms with Crippen molar-refractivity contribution in [2.45, 2.75) is 19.4 Å². The van der Waals surface area contributed by atoms with Crippen molar-refractivity contribution in [2.24, 2.45) is 5.73 Å². The van der Waals surface area contributed by atoms with Gasteiger partial charge < -0.3 is 5.73 Å². The molecule has 0 aromatic heterocycles. The highest BCUT2D eigenvalue weighted by atomic mass is 79.9. The smallest absolute Gasteiger partial charge is 0.0563 e.